The second-order valence-corrected chi connectivity index (χ2v) is 4.32. The average molecular weight is 262 g/mol. The minimum Gasteiger partial charge on any atom is -0.350 e. The second-order valence-electron chi connectivity index (χ2n) is 4.32. The van der Waals surface area contributed by atoms with Crippen molar-refractivity contribution < 1.29 is 4.79 Å². The van der Waals surface area contributed by atoms with Gasteiger partial charge in [-0.15, -0.1) is 10.2 Å². The summed E-state index contributed by atoms with van der Waals surface area (Å²) in [6, 6.07) is 0. The fourth-order valence-electron chi connectivity index (χ4n) is 2.06. The fraction of sp³-hybridized carbons (Fsp3) is 0.500. The van der Waals surface area contributed by atoms with Gasteiger partial charge in [0.05, 0.1) is 11.3 Å². The largest absolute Gasteiger partial charge is 0.350 e. The number of hydrogen-bond acceptors (Lipinski definition) is 4. The third kappa shape index (κ3) is 2.81. The Morgan fingerprint density at radius 1 is 1.32 bits per heavy atom. The molecule has 2 aromatic rings. The predicted molar refractivity (Wildman–Crippen MR) is 69.7 cm³/mol. The van der Waals surface area contributed by atoms with Gasteiger partial charge in [0.25, 0.3) is 5.91 Å². The Labute approximate surface area is 111 Å². The summed E-state index contributed by atoms with van der Waals surface area (Å²) in [5.41, 5.74) is 2.34. The SMILES string of the molecule is CCn1nc(C)c(C(=O)NCCn2cnnc2)c1C. The van der Waals surface area contributed by atoms with Crippen molar-refractivity contribution in [3.05, 3.63) is 29.6 Å². The molecule has 2 heterocycles. The topological polar surface area (TPSA) is 77.6 Å². The molecule has 0 unspecified atom stereocenters. The molecule has 7 nitrogen and oxygen atoms in total. The molecule has 0 fully saturated rings. The van der Waals surface area contributed by atoms with Gasteiger partial charge in [0.15, 0.2) is 0 Å². The molecule has 0 saturated heterocycles. The van der Waals surface area contributed by atoms with Crippen molar-refractivity contribution in [1.82, 2.24) is 29.9 Å². The maximum atomic E-state index is 12.1. The molecule has 0 aliphatic rings. The highest BCUT2D eigenvalue weighted by Gasteiger charge is 2.17. The first-order chi connectivity index (χ1) is 9.13. The van der Waals surface area contributed by atoms with E-state index >= 15 is 0 Å². The molecular weight excluding hydrogens is 244 g/mol. The normalized spacial score (nSPS) is 10.7. The number of amides is 1. The molecule has 1 N–H and O–H groups in total. The molecule has 19 heavy (non-hydrogen) atoms. The van der Waals surface area contributed by atoms with E-state index in [9.17, 15) is 4.79 Å². The maximum Gasteiger partial charge on any atom is 0.255 e. The Hall–Kier alpha value is -2.18. The molecular formula is C12H18N6O. The average Bonchev–Trinajstić information content (AvgIpc) is 2.97. The van der Waals surface area contributed by atoms with Gasteiger partial charge in [-0.3, -0.25) is 9.48 Å². The van der Waals surface area contributed by atoms with Crippen molar-refractivity contribution in [2.24, 2.45) is 0 Å². The predicted octanol–water partition coefficient (Wildman–Crippen LogP) is 0.541. The summed E-state index contributed by atoms with van der Waals surface area (Å²) in [5.74, 6) is -0.0808. The van der Waals surface area contributed by atoms with Crippen LogP contribution in [-0.4, -0.2) is 37.0 Å². The van der Waals surface area contributed by atoms with Crippen LogP contribution in [0.15, 0.2) is 12.7 Å². The van der Waals surface area contributed by atoms with Gasteiger partial charge in [0.2, 0.25) is 0 Å². The van der Waals surface area contributed by atoms with Crippen LogP contribution in [0.1, 0.15) is 28.7 Å². The van der Waals surface area contributed by atoms with Crippen molar-refractivity contribution in [3.8, 4) is 0 Å². The van der Waals surface area contributed by atoms with Crippen LogP contribution in [0.2, 0.25) is 0 Å². The van der Waals surface area contributed by atoms with E-state index in [4.69, 9.17) is 0 Å². The van der Waals surface area contributed by atoms with E-state index in [0.29, 0.717) is 18.7 Å². The van der Waals surface area contributed by atoms with Crippen LogP contribution in [0.25, 0.3) is 0 Å². The van der Waals surface area contributed by atoms with Gasteiger partial charge in [-0.05, 0) is 20.8 Å². The van der Waals surface area contributed by atoms with E-state index in [-0.39, 0.29) is 5.91 Å². The van der Waals surface area contributed by atoms with Crippen LogP contribution in [0.4, 0.5) is 0 Å². The van der Waals surface area contributed by atoms with Crippen LogP contribution < -0.4 is 5.32 Å². The molecule has 0 bridgehead atoms. The zero-order valence-corrected chi connectivity index (χ0v) is 11.4. The van der Waals surface area contributed by atoms with Gasteiger partial charge in [-0.1, -0.05) is 0 Å². The molecule has 2 rings (SSSR count). The molecule has 0 aromatic carbocycles. The molecule has 1 amide bonds. The van der Waals surface area contributed by atoms with Gasteiger partial charge >= 0.3 is 0 Å². The quantitative estimate of drug-likeness (QED) is 0.853. The lowest BCUT2D eigenvalue weighted by atomic mass is 10.2. The monoisotopic (exact) mass is 262 g/mol. The van der Waals surface area contributed by atoms with Crippen LogP contribution in [0.5, 0.6) is 0 Å². The smallest absolute Gasteiger partial charge is 0.255 e. The van der Waals surface area contributed by atoms with Gasteiger partial charge in [-0.25, -0.2) is 0 Å². The highest BCUT2D eigenvalue weighted by Crippen LogP contribution is 2.12. The van der Waals surface area contributed by atoms with Crippen LogP contribution in [-0.2, 0) is 13.1 Å². The zero-order valence-electron chi connectivity index (χ0n) is 11.4. The number of nitrogens with one attached hydrogen (secondary N) is 1. The highest BCUT2D eigenvalue weighted by molar-refractivity contribution is 5.96. The summed E-state index contributed by atoms with van der Waals surface area (Å²) in [5, 5.41) is 14.6. The highest BCUT2D eigenvalue weighted by atomic mass is 16.1. The number of carbonyl (C=O) groups excluding carboxylic acids is 1. The van der Waals surface area contributed by atoms with E-state index in [1.54, 1.807) is 12.7 Å². The summed E-state index contributed by atoms with van der Waals surface area (Å²) >= 11 is 0. The number of aryl methyl sites for hydroxylation is 2. The van der Waals surface area contributed by atoms with Gasteiger partial charge in [-0.2, -0.15) is 5.10 Å². The second kappa shape index (κ2) is 5.64. The molecule has 0 aliphatic heterocycles. The first kappa shape index (κ1) is 13.3. The summed E-state index contributed by atoms with van der Waals surface area (Å²) in [6.07, 6.45) is 3.25. The summed E-state index contributed by atoms with van der Waals surface area (Å²) in [7, 11) is 0. The van der Waals surface area contributed by atoms with Crippen molar-refractivity contribution >= 4 is 5.91 Å². The first-order valence-electron chi connectivity index (χ1n) is 6.28. The van der Waals surface area contributed by atoms with E-state index < -0.39 is 0 Å². The minimum atomic E-state index is -0.0808. The fourth-order valence-corrected chi connectivity index (χ4v) is 2.06. The lowest BCUT2D eigenvalue weighted by Crippen LogP contribution is -2.28. The van der Waals surface area contributed by atoms with E-state index in [0.717, 1.165) is 17.9 Å². The molecule has 0 atom stereocenters. The Morgan fingerprint density at radius 2 is 2.00 bits per heavy atom. The number of carbonyl (C=O) groups is 1. The van der Waals surface area contributed by atoms with E-state index in [1.165, 1.54) is 0 Å². The first-order valence-corrected chi connectivity index (χ1v) is 6.28. The van der Waals surface area contributed by atoms with E-state index in [1.807, 2.05) is 30.0 Å². The summed E-state index contributed by atoms with van der Waals surface area (Å²) in [6.45, 7) is 7.73. The Kier molecular flexibility index (Phi) is 3.94. The molecule has 7 heteroatoms. The van der Waals surface area contributed by atoms with Crippen molar-refractivity contribution in [3.63, 3.8) is 0 Å². The number of aromatic nitrogens is 5. The number of hydrogen-bond donors (Lipinski definition) is 1. The zero-order chi connectivity index (χ0) is 13.8. The molecule has 2 aromatic heterocycles. The number of rotatable bonds is 5. The van der Waals surface area contributed by atoms with Crippen LogP contribution in [0, 0.1) is 13.8 Å². The Balaban J connectivity index is 1.98. The molecule has 0 radical (unpaired) electrons. The summed E-state index contributed by atoms with van der Waals surface area (Å²) in [4.78, 5) is 12.1. The molecule has 0 saturated carbocycles. The lowest BCUT2D eigenvalue weighted by molar-refractivity contribution is 0.0951. The molecule has 102 valence electrons. The minimum absolute atomic E-state index is 0.0808. The van der Waals surface area contributed by atoms with E-state index in [2.05, 4.69) is 20.6 Å². The summed E-state index contributed by atoms with van der Waals surface area (Å²) < 4.78 is 3.65. The van der Waals surface area contributed by atoms with Gasteiger partial charge in [0.1, 0.15) is 12.7 Å². The molecule has 0 aliphatic carbocycles. The Morgan fingerprint density at radius 3 is 2.58 bits per heavy atom. The van der Waals surface area contributed by atoms with Crippen LogP contribution in [0.3, 0.4) is 0 Å². The standard InChI is InChI=1S/C12H18N6O/c1-4-18-10(3)11(9(2)16-18)12(19)13-5-6-17-7-14-15-8-17/h7-8H,4-6H2,1-3H3,(H,13,19). The van der Waals surface area contributed by atoms with Gasteiger partial charge < -0.3 is 9.88 Å². The lowest BCUT2D eigenvalue weighted by Gasteiger charge is -2.06. The third-order valence-electron chi connectivity index (χ3n) is 3.03. The Bertz CT molecular complexity index is 557. The van der Waals surface area contributed by atoms with Gasteiger partial charge in [0, 0.05) is 25.3 Å². The third-order valence-corrected chi connectivity index (χ3v) is 3.03. The van der Waals surface area contributed by atoms with Crippen molar-refractivity contribution in [2.45, 2.75) is 33.9 Å². The molecule has 0 spiro atoms. The van der Waals surface area contributed by atoms with Crippen LogP contribution >= 0.6 is 0 Å². The number of nitrogens with zero attached hydrogens (tertiary/aromatic N) is 5. The van der Waals surface area contributed by atoms with Crippen molar-refractivity contribution in [1.29, 1.82) is 0 Å². The van der Waals surface area contributed by atoms with Crippen molar-refractivity contribution in [2.75, 3.05) is 6.54 Å². The maximum absolute atomic E-state index is 12.1.